The first-order valence-corrected chi connectivity index (χ1v) is 33.4. The Kier molecular flexibility index (Phi) is 53.0. The minimum absolute atomic E-state index is 0.105. The summed E-state index contributed by atoms with van der Waals surface area (Å²) in [6.45, 7) is 5.77. The van der Waals surface area contributed by atoms with Gasteiger partial charge in [0.05, 0.1) is 25.4 Å². The average molecular weight is 1120 g/mol. The van der Waals surface area contributed by atoms with E-state index in [1.165, 1.54) is 193 Å². The van der Waals surface area contributed by atoms with Crippen LogP contribution in [0.1, 0.15) is 310 Å². The Morgan fingerprint density at radius 1 is 0.494 bits per heavy atom. The van der Waals surface area contributed by atoms with Crippen LogP contribution in [0.5, 0.6) is 0 Å². The van der Waals surface area contributed by atoms with Gasteiger partial charge in [0.2, 0.25) is 5.91 Å². The number of ether oxygens (including phenoxy) is 3. The average Bonchev–Trinajstić information content (AvgIpc) is 3.48. The van der Waals surface area contributed by atoms with Gasteiger partial charge in [-0.25, -0.2) is 0 Å². The van der Waals surface area contributed by atoms with E-state index in [4.69, 9.17) is 14.2 Å². The molecule has 79 heavy (non-hydrogen) atoms. The van der Waals surface area contributed by atoms with E-state index in [0.717, 1.165) is 70.6 Å². The topological polar surface area (TPSA) is 175 Å². The number of hydrogen-bond donors (Lipinski definition) is 6. The van der Waals surface area contributed by atoms with Crippen molar-refractivity contribution < 1.29 is 49.3 Å². The predicted molar refractivity (Wildman–Crippen MR) is 329 cm³/mol. The largest absolute Gasteiger partial charge is 0.454 e. The molecule has 0 aromatic carbocycles. The molecule has 462 valence electrons. The lowest BCUT2D eigenvalue weighted by molar-refractivity contribution is -0.305. The highest BCUT2D eigenvalue weighted by Crippen LogP contribution is 2.26. The summed E-state index contributed by atoms with van der Waals surface area (Å²) in [4.78, 5) is 26.6. The van der Waals surface area contributed by atoms with Crippen molar-refractivity contribution in [1.29, 1.82) is 0 Å². The van der Waals surface area contributed by atoms with Crippen LogP contribution in [0.15, 0.2) is 48.6 Å². The Bertz CT molecular complexity index is 1470. The van der Waals surface area contributed by atoms with E-state index in [1.54, 1.807) is 6.08 Å². The summed E-state index contributed by atoms with van der Waals surface area (Å²) in [7, 11) is 0. The molecule has 1 aliphatic rings. The molecule has 1 saturated heterocycles. The molecule has 8 atom stereocenters. The van der Waals surface area contributed by atoms with Gasteiger partial charge < -0.3 is 45.1 Å². The Morgan fingerprint density at radius 3 is 1.33 bits per heavy atom. The van der Waals surface area contributed by atoms with Gasteiger partial charge in [0, 0.05) is 6.42 Å². The number of carbonyl (C=O) groups excluding carboxylic acids is 2. The maximum Gasteiger partial charge on any atom is 0.306 e. The summed E-state index contributed by atoms with van der Waals surface area (Å²) in [5.74, 6) is -1.20. The molecule has 11 nitrogen and oxygen atoms in total. The maximum absolute atomic E-state index is 13.5. The zero-order valence-corrected chi connectivity index (χ0v) is 51.2. The molecular weight excluding hydrogens is 991 g/mol. The number of amides is 1. The van der Waals surface area contributed by atoms with Crippen LogP contribution in [0.3, 0.4) is 0 Å². The fourth-order valence-corrected chi connectivity index (χ4v) is 10.4. The van der Waals surface area contributed by atoms with Gasteiger partial charge >= 0.3 is 5.97 Å². The van der Waals surface area contributed by atoms with Crippen molar-refractivity contribution in [3.63, 3.8) is 0 Å². The highest BCUT2D eigenvalue weighted by molar-refractivity contribution is 5.80. The molecule has 0 bridgehead atoms. The van der Waals surface area contributed by atoms with Crippen LogP contribution >= 0.6 is 0 Å². The normalized spacial score (nSPS) is 19.1. The number of aliphatic hydroxyl groups excluding tert-OH is 5. The number of unbranched alkanes of at least 4 members (excludes halogenated alkanes) is 37. The van der Waals surface area contributed by atoms with Crippen LogP contribution in [0.4, 0.5) is 0 Å². The van der Waals surface area contributed by atoms with Gasteiger partial charge in [-0.1, -0.05) is 268 Å². The van der Waals surface area contributed by atoms with E-state index in [1.807, 2.05) is 6.08 Å². The predicted octanol–water partition coefficient (Wildman–Crippen LogP) is 16.4. The lowest BCUT2D eigenvalue weighted by Gasteiger charge is -2.41. The molecule has 0 spiro atoms. The monoisotopic (exact) mass is 1120 g/mol. The molecule has 0 saturated carbocycles. The summed E-state index contributed by atoms with van der Waals surface area (Å²) in [5.41, 5.74) is 0. The number of rotatable bonds is 57. The first-order chi connectivity index (χ1) is 38.7. The van der Waals surface area contributed by atoms with Crippen molar-refractivity contribution in [2.45, 2.75) is 359 Å². The molecule has 0 aromatic rings. The Morgan fingerprint density at radius 2 is 0.873 bits per heavy atom. The number of nitrogens with one attached hydrogen (secondary N) is 1. The van der Waals surface area contributed by atoms with Gasteiger partial charge in [-0.15, -0.1) is 0 Å². The van der Waals surface area contributed by atoms with Gasteiger partial charge in [-0.3, -0.25) is 9.59 Å². The SMILES string of the molecule is CCCCC/C=C\C/C=C\CCCCCCCCCCCCCCCCC(O)C(=O)NC(COC1OC(CO)C(O)C(O)C1OC(=O)CCCCC/C=C\CCCCCCCC)C(O)/C=C/CCCCCCCCCCCCC. The van der Waals surface area contributed by atoms with Crippen molar-refractivity contribution in [1.82, 2.24) is 5.32 Å². The molecule has 6 N–H and O–H groups in total. The highest BCUT2D eigenvalue weighted by atomic mass is 16.7. The third-order valence-corrected chi connectivity index (χ3v) is 15.7. The van der Waals surface area contributed by atoms with Gasteiger partial charge in [0.15, 0.2) is 12.4 Å². The number of esters is 1. The third-order valence-electron chi connectivity index (χ3n) is 15.7. The molecule has 1 aliphatic heterocycles. The first kappa shape index (κ1) is 74.6. The lowest BCUT2D eigenvalue weighted by Crippen LogP contribution is -2.61. The summed E-state index contributed by atoms with van der Waals surface area (Å²) >= 11 is 0. The summed E-state index contributed by atoms with van der Waals surface area (Å²) in [6.07, 6.45) is 58.7. The molecule has 1 amide bonds. The van der Waals surface area contributed by atoms with Crippen LogP contribution < -0.4 is 5.32 Å². The van der Waals surface area contributed by atoms with Gasteiger partial charge in [-0.2, -0.15) is 0 Å². The Labute approximate surface area is 485 Å². The van der Waals surface area contributed by atoms with Crippen LogP contribution in [-0.2, 0) is 23.8 Å². The van der Waals surface area contributed by atoms with E-state index in [0.29, 0.717) is 19.3 Å². The second-order valence-corrected chi connectivity index (χ2v) is 23.2. The van der Waals surface area contributed by atoms with Gasteiger partial charge in [0.25, 0.3) is 0 Å². The quantitative estimate of drug-likeness (QED) is 0.0195. The molecular formula is C68H125NO10. The van der Waals surface area contributed by atoms with Crippen molar-refractivity contribution in [3.8, 4) is 0 Å². The fraction of sp³-hybridized carbons (Fsp3) is 0.853. The number of hydrogen-bond acceptors (Lipinski definition) is 10. The van der Waals surface area contributed by atoms with Crippen LogP contribution in [0.2, 0.25) is 0 Å². The zero-order chi connectivity index (χ0) is 57.5. The van der Waals surface area contributed by atoms with E-state index >= 15 is 0 Å². The second kappa shape index (κ2) is 56.1. The molecule has 11 heteroatoms. The standard InChI is InChI=1S/C68H125NO10/c1-4-7-10-13-16-19-22-25-26-27-28-29-30-31-32-33-34-35-38-40-43-46-49-52-55-61(72)67(76)69-59(60(71)54-51-48-45-42-39-36-23-20-17-14-11-8-5-2)58-77-68-66(65(75)64(74)62(57-70)78-68)79-63(73)56-53-50-47-44-41-37-24-21-18-15-12-9-6-3/h16,19,25-26,37,41,51,54,59-62,64-66,68,70-72,74-75H,4-15,17-18,20-24,27-36,38-40,42-50,52-53,55-58H2,1-3H3,(H,69,76)/b19-16-,26-25-,41-37-,54-51+. The summed E-state index contributed by atoms with van der Waals surface area (Å²) in [5, 5.41) is 57.1. The zero-order valence-electron chi connectivity index (χ0n) is 51.2. The number of carbonyl (C=O) groups is 2. The number of aliphatic hydroxyl groups is 5. The van der Waals surface area contributed by atoms with Crippen molar-refractivity contribution in [2.75, 3.05) is 13.2 Å². The molecule has 0 aromatic heterocycles. The van der Waals surface area contributed by atoms with Crippen LogP contribution in [0, 0.1) is 0 Å². The van der Waals surface area contributed by atoms with E-state index in [9.17, 15) is 35.1 Å². The molecule has 0 radical (unpaired) electrons. The summed E-state index contributed by atoms with van der Waals surface area (Å²) in [6, 6.07) is -1.03. The smallest absolute Gasteiger partial charge is 0.306 e. The first-order valence-electron chi connectivity index (χ1n) is 33.4. The molecule has 1 heterocycles. The van der Waals surface area contributed by atoms with E-state index in [-0.39, 0.29) is 13.0 Å². The molecule has 0 aliphatic carbocycles. The Balaban J connectivity index is 2.60. The molecule has 8 unspecified atom stereocenters. The molecule has 1 fully saturated rings. The fourth-order valence-electron chi connectivity index (χ4n) is 10.4. The van der Waals surface area contributed by atoms with E-state index in [2.05, 4.69) is 62.5 Å². The van der Waals surface area contributed by atoms with Crippen molar-refractivity contribution in [2.24, 2.45) is 0 Å². The highest BCUT2D eigenvalue weighted by Gasteiger charge is 2.47. The minimum atomic E-state index is -1.62. The number of allylic oxidation sites excluding steroid dienone is 7. The molecule has 1 rings (SSSR count). The minimum Gasteiger partial charge on any atom is -0.454 e. The maximum atomic E-state index is 13.5. The van der Waals surface area contributed by atoms with Crippen LogP contribution in [-0.4, -0.2) is 99.6 Å². The van der Waals surface area contributed by atoms with E-state index < -0.39 is 67.4 Å². The second-order valence-electron chi connectivity index (χ2n) is 23.2. The van der Waals surface area contributed by atoms with Crippen LogP contribution in [0.25, 0.3) is 0 Å². The van der Waals surface area contributed by atoms with Gasteiger partial charge in [0.1, 0.15) is 24.4 Å². The van der Waals surface area contributed by atoms with Crippen molar-refractivity contribution >= 4 is 11.9 Å². The lowest BCUT2D eigenvalue weighted by atomic mass is 9.99. The van der Waals surface area contributed by atoms with Gasteiger partial charge in [-0.05, 0) is 83.5 Å². The summed E-state index contributed by atoms with van der Waals surface area (Å²) < 4.78 is 17.6. The third kappa shape index (κ3) is 43.9. The van der Waals surface area contributed by atoms with Crippen molar-refractivity contribution in [3.05, 3.63) is 48.6 Å². The Hall–Kier alpha value is -2.38.